The zero-order chi connectivity index (χ0) is 14.8. The van der Waals surface area contributed by atoms with Gasteiger partial charge in [0.15, 0.2) is 0 Å². The maximum atomic E-state index is 13.4. The van der Waals surface area contributed by atoms with Crippen LogP contribution in [0, 0.1) is 11.7 Å². The van der Waals surface area contributed by atoms with Crippen LogP contribution in [0.5, 0.6) is 0 Å². The molecule has 1 aliphatic carbocycles. The molecule has 6 heteroatoms. The molecule has 2 aromatic rings. The smallest absolute Gasteiger partial charge is 0.230 e. The molecule has 1 aliphatic rings. The minimum absolute atomic E-state index is 0.293. The topological polar surface area (TPSA) is 64.9 Å². The third-order valence-electron chi connectivity index (χ3n) is 4.14. The van der Waals surface area contributed by atoms with Crippen molar-refractivity contribution < 1.29 is 8.91 Å². The molecule has 2 N–H and O–H groups in total. The van der Waals surface area contributed by atoms with E-state index in [9.17, 15) is 4.39 Å². The highest BCUT2D eigenvalue weighted by atomic mass is 79.9. The van der Waals surface area contributed by atoms with E-state index in [-0.39, 0.29) is 5.82 Å². The number of benzene rings is 1. The Morgan fingerprint density at radius 3 is 2.76 bits per heavy atom. The lowest BCUT2D eigenvalue weighted by molar-refractivity contribution is 0.275. The van der Waals surface area contributed by atoms with E-state index in [2.05, 4.69) is 26.1 Å². The quantitative estimate of drug-likeness (QED) is 0.909. The number of rotatable bonds is 3. The van der Waals surface area contributed by atoms with Crippen LogP contribution in [0.15, 0.2) is 27.2 Å². The fraction of sp³-hybridized carbons (Fsp3) is 0.467. The number of aromatic nitrogens is 2. The van der Waals surface area contributed by atoms with Gasteiger partial charge in [-0.05, 0) is 56.3 Å². The molecule has 0 aliphatic heterocycles. The average molecular weight is 354 g/mol. The summed E-state index contributed by atoms with van der Waals surface area (Å²) in [6.07, 6.45) is 4.24. The molecule has 112 valence electrons. The molecule has 0 radical (unpaired) electrons. The van der Waals surface area contributed by atoms with Crippen molar-refractivity contribution in [3.05, 3.63) is 34.4 Å². The molecule has 0 spiro atoms. The van der Waals surface area contributed by atoms with E-state index in [0.717, 1.165) is 36.7 Å². The van der Waals surface area contributed by atoms with Crippen LogP contribution in [-0.4, -0.2) is 16.7 Å². The first-order valence-corrected chi connectivity index (χ1v) is 7.95. The van der Waals surface area contributed by atoms with Crippen LogP contribution in [-0.2, 0) is 0 Å². The second-order valence-electron chi connectivity index (χ2n) is 5.53. The summed E-state index contributed by atoms with van der Waals surface area (Å²) in [5.74, 6) is 1.67. The van der Waals surface area contributed by atoms with Gasteiger partial charge in [-0.1, -0.05) is 21.1 Å². The zero-order valence-corrected chi connectivity index (χ0v) is 13.1. The molecule has 1 fully saturated rings. The van der Waals surface area contributed by atoms with Gasteiger partial charge in [-0.2, -0.15) is 4.98 Å². The average Bonchev–Trinajstić information content (AvgIpc) is 2.99. The van der Waals surface area contributed by atoms with Crippen molar-refractivity contribution in [3.8, 4) is 11.4 Å². The summed E-state index contributed by atoms with van der Waals surface area (Å²) in [6, 6.07) is 4.44. The van der Waals surface area contributed by atoms with Gasteiger partial charge in [-0.25, -0.2) is 4.39 Å². The number of nitrogens with zero attached hydrogens (tertiary/aromatic N) is 2. The summed E-state index contributed by atoms with van der Waals surface area (Å²) in [5.41, 5.74) is 6.32. The lowest BCUT2D eigenvalue weighted by atomic mass is 9.82. The molecule has 1 aromatic heterocycles. The van der Waals surface area contributed by atoms with Crippen molar-refractivity contribution in [2.24, 2.45) is 11.7 Å². The Morgan fingerprint density at radius 1 is 1.29 bits per heavy atom. The predicted molar refractivity (Wildman–Crippen MR) is 81.1 cm³/mol. The molecule has 0 amide bonds. The summed E-state index contributed by atoms with van der Waals surface area (Å²) in [4.78, 5) is 4.45. The monoisotopic (exact) mass is 353 g/mol. The van der Waals surface area contributed by atoms with Gasteiger partial charge in [0.1, 0.15) is 5.82 Å². The highest BCUT2D eigenvalue weighted by molar-refractivity contribution is 9.10. The van der Waals surface area contributed by atoms with Gasteiger partial charge in [-0.15, -0.1) is 0 Å². The summed E-state index contributed by atoms with van der Waals surface area (Å²) in [7, 11) is 0. The van der Waals surface area contributed by atoms with Crippen molar-refractivity contribution in [1.29, 1.82) is 0 Å². The Kier molecular flexibility index (Phi) is 4.35. The maximum absolute atomic E-state index is 13.4. The molecule has 3 rings (SSSR count). The van der Waals surface area contributed by atoms with Crippen LogP contribution in [0.1, 0.15) is 37.5 Å². The Hall–Kier alpha value is -1.27. The molecule has 0 bridgehead atoms. The molecule has 1 heterocycles. The number of halogens is 2. The Labute approximate surface area is 131 Å². The van der Waals surface area contributed by atoms with Crippen molar-refractivity contribution in [1.82, 2.24) is 10.1 Å². The first kappa shape index (κ1) is 14.7. The number of hydrogen-bond acceptors (Lipinski definition) is 4. The maximum Gasteiger partial charge on any atom is 0.230 e. The van der Waals surface area contributed by atoms with Gasteiger partial charge in [0.2, 0.25) is 11.7 Å². The van der Waals surface area contributed by atoms with E-state index < -0.39 is 0 Å². The minimum Gasteiger partial charge on any atom is -0.339 e. The van der Waals surface area contributed by atoms with Crippen LogP contribution >= 0.6 is 15.9 Å². The van der Waals surface area contributed by atoms with E-state index >= 15 is 0 Å². The van der Waals surface area contributed by atoms with Gasteiger partial charge in [0, 0.05) is 16.0 Å². The lowest BCUT2D eigenvalue weighted by Gasteiger charge is -2.24. The first-order chi connectivity index (χ1) is 10.2. The van der Waals surface area contributed by atoms with Crippen molar-refractivity contribution in [2.45, 2.75) is 31.6 Å². The summed E-state index contributed by atoms with van der Waals surface area (Å²) >= 11 is 3.39. The summed E-state index contributed by atoms with van der Waals surface area (Å²) in [5, 5.41) is 4.00. The van der Waals surface area contributed by atoms with Gasteiger partial charge >= 0.3 is 0 Å². The lowest BCUT2D eigenvalue weighted by Crippen LogP contribution is -2.20. The van der Waals surface area contributed by atoms with E-state index in [1.807, 2.05) is 0 Å². The van der Waals surface area contributed by atoms with Crippen LogP contribution in [0.2, 0.25) is 0 Å². The highest BCUT2D eigenvalue weighted by Gasteiger charge is 2.26. The third-order valence-corrected chi connectivity index (χ3v) is 4.83. The Balaban J connectivity index is 1.79. The fourth-order valence-corrected chi connectivity index (χ4v) is 3.25. The fourth-order valence-electron chi connectivity index (χ4n) is 2.82. The summed E-state index contributed by atoms with van der Waals surface area (Å²) < 4.78 is 19.5. The SMILES string of the molecule is NCC1CCC(c2nc(-c3cc(F)ccc3Br)no2)CC1. The first-order valence-electron chi connectivity index (χ1n) is 7.16. The van der Waals surface area contributed by atoms with Crippen LogP contribution in [0.3, 0.4) is 0 Å². The van der Waals surface area contributed by atoms with Crippen LogP contribution < -0.4 is 5.73 Å². The summed E-state index contributed by atoms with van der Waals surface area (Å²) in [6.45, 7) is 0.748. The molecule has 1 aromatic carbocycles. The highest BCUT2D eigenvalue weighted by Crippen LogP contribution is 2.36. The third kappa shape index (κ3) is 3.16. The largest absolute Gasteiger partial charge is 0.339 e. The van der Waals surface area contributed by atoms with Crippen LogP contribution in [0.4, 0.5) is 4.39 Å². The van der Waals surface area contributed by atoms with Crippen molar-refractivity contribution >= 4 is 15.9 Å². The molecule has 0 atom stereocenters. The standard InChI is InChI=1S/C15H17BrFN3O/c16-13-6-5-11(17)7-12(13)14-19-15(21-20-14)10-3-1-9(8-18)2-4-10/h5-7,9-10H,1-4,8,18H2. The molecule has 1 saturated carbocycles. The molecule has 0 saturated heterocycles. The van der Waals surface area contributed by atoms with Crippen molar-refractivity contribution in [3.63, 3.8) is 0 Å². The predicted octanol–water partition coefficient (Wildman–Crippen LogP) is 3.87. The minimum atomic E-state index is -0.317. The molecular weight excluding hydrogens is 337 g/mol. The molecule has 4 nitrogen and oxygen atoms in total. The van der Waals surface area contributed by atoms with Gasteiger partial charge < -0.3 is 10.3 Å². The van der Waals surface area contributed by atoms with E-state index in [0.29, 0.717) is 29.1 Å². The Bertz CT molecular complexity index is 623. The van der Waals surface area contributed by atoms with Crippen molar-refractivity contribution in [2.75, 3.05) is 6.54 Å². The van der Waals surface area contributed by atoms with E-state index in [1.54, 1.807) is 6.07 Å². The van der Waals surface area contributed by atoms with Gasteiger partial charge in [-0.3, -0.25) is 0 Å². The van der Waals surface area contributed by atoms with Gasteiger partial charge in [0.05, 0.1) is 0 Å². The molecule has 21 heavy (non-hydrogen) atoms. The molecular formula is C15H17BrFN3O. The normalized spacial score (nSPS) is 22.4. The van der Waals surface area contributed by atoms with Crippen LogP contribution in [0.25, 0.3) is 11.4 Å². The second-order valence-corrected chi connectivity index (χ2v) is 6.39. The number of nitrogens with two attached hydrogens (primary N) is 1. The van der Waals surface area contributed by atoms with E-state index in [1.165, 1.54) is 12.1 Å². The molecule has 0 unspecified atom stereocenters. The zero-order valence-electron chi connectivity index (χ0n) is 11.6. The Morgan fingerprint density at radius 2 is 2.05 bits per heavy atom. The number of hydrogen-bond donors (Lipinski definition) is 1. The van der Waals surface area contributed by atoms with E-state index in [4.69, 9.17) is 10.3 Å². The van der Waals surface area contributed by atoms with Gasteiger partial charge in [0.25, 0.3) is 0 Å². The second kappa shape index (κ2) is 6.23.